The van der Waals surface area contributed by atoms with Crippen LogP contribution >= 0.6 is 0 Å². The average molecular weight is 226 g/mol. The number of hydrogen-bond acceptors (Lipinski definition) is 2. The van der Waals surface area contributed by atoms with Gasteiger partial charge in [-0.1, -0.05) is 12.1 Å². The summed E-state index contributed by atoms with van der Waals surface area (Å²) in [6, 6.07) is 15.7. The van der Waals surface area contributed by atoms with Crippen molar-refractivity contribution < 1.29 is 4.39 Å². The van der Waals surface area contributed by atoms with Crippen molar-refractivity contribution in [2.45, 2.75) is 0 Å². The molecule has 3 heteroatoms. The summed E-state index contributed by atoms with van der Waals surface area (Å²) in [5.74, 6) is -0.264. The van der Waals surface area contributed by atoms with Gasteiger partial charge in [-0.15, -0.1) is 0 Å². The highest BCUT2D eigenvalue weighted by molar-refractivity contribution is 5.63. The molecule has 2 aromatic rings. The molecule has 0 aliphatic heterocycles. The van der Waals surface area contributed by atoms with Crippen molar-refractivity contribution in [3.8, 4) is 6.07 Å². The van der Waals surface area contributed by atoms with E-state index < -0.39 is 0 Å². The van der Waals surface area contributed by atoms with E-state index in [1.807, 2.05) is 0 Å². The summed E-state index contributed by atoms with van der Waals surface area (Å²) in [6.45, 7) is 0. The van der Waals surface area contributed by atoms with Gasteiger partial charge in [-0.05, 0) is 36.4 Å². The normalized spacial score (nSPS) is 9.71. The summed E-state index contributed by atoms with van der Waals surface area (Å²) >= 11 is 0. The standard InChI is InChI=1S/C14H11FN2/c1-17(14-5-3-2-4-13(14)15)12-8-6-11(10-16)7-9-12/h2-9H,1H3. The Balaban J connectivity index is 2.34. The van der Waals surface area contributed by atoms with Crippen molar-refractivity contribution in [2.75, 3.05) is 11.9 Å². The number of para-hydroxylation sites is 1. The molecule has 0 aromatic heterocycles. The zero-order valence-corrected chi connectivity index (χ0v) is 9.39. The van der Waals surface area contributed by atoms with Crippen molar-refractivity contribution in [2.24, 2.45) is 0 Å². The first kappa shape index (κ1) is 11.2. The van der Waals surface area contributed by atoms with E-state index in [0.717, 1.165) is 5.69 Å². The molecule has 0 N–H and O–H groups in total. The van der Waals surface area contributed by atoms with Gasteiger partial charge in [-0.3, -0.25) is 0 Å². The van der Waals surface area contributed by atoms with Crippen LogP contribution in [0.3, 0.4) is 0 Å². The monoisotopic (exact) mass is 226 g/mol. The summed E-state index contributed by atoms with van der Waals surface area (Å²) in [5.41, 5.74) is 1.95. The predicted octanol–water partition coefficient (Wildman–Crippen LogP) is 3.47. The van der Waals surface area contributed by atoms with Crippen LogP contribution in [-0.2, 0) is 0 Å². The van der Waals surface area contributed by atoms with Crippen LogP contribution in [0.5, 0.6) is 0 Å². The number of benzene rings is 2. The number of rotatable bonds is 2. The Labute approximate surface area is 99.5 Å². The fraction of sp³-hybridized carbons (Fsp3) is 0.0714. The number of halogens is 1. The van der Waals surface area contributed by atoms with Crippen molar-refractivity contribution in [1.82, 2.24) is 0 Å². The van der Waals surface area contributed by atoms with Gasteiger partial charge in [-0.2, -0.15) is 5.26 Å². The fourth-order valence-electron chi connectivity index (χ4n) is 1.62. The molecule has 0 heterocycles. The molecule has 0 atom stereocenters. The molecule has 0 radical (unpaired) electrons. The molecular formula is C14H11FN2. The lowest BCUT2D eigenvalue weighted by atomic mass is 10.2. The van der Waals surface area contributed by atoms with E-state index in [-0.39, 0.29) is 5.82 Å². The summed E-state index contributed by atoms with van der Waals surface area (Å²) < 4.78 is 13.6. The highest BCUT2D eigenvalue weighted by Crippen LogP contribution is 2.25. The molecule has 0 saturated heterocycles. The maximum atomic E-state index is 13.6. The topological polar surface area (TPSA) is 27.0 Å². The van der Waals surface area contributed by atoms with Crippen molar-refractivity contribution in [1.29, 1.82) is 5.26 Å². The molecule has 17 heavy (non-hydrogen) atoms. The van der Waals surface area contributed by atoms with Crippen LogP contribution in [0.4, 0.5) is 15.8 Å². The Kier molecular flexibility index (Phi) is 3.06. The van der Waals surface area contributed by atoms with Crippen LogP contribution < -0.4 is 4.90 Å². The number of nitriles is 1. The minimum absolute atomic E-state index is 0.264. The maximum absolute atomic E-state index is 13.6. The van der Waals surface area contributed by atoms with Crippen LogP contribution in [0.25, 0.3) is 0 Å². The van der Waals surface area contributed by atoms with E-state index in [9.17, 15) is 4.39 Å². The van der Waals surface area contributed by atoms with E-state index in [1.54, 1.807) is 54.4 Å². The van der Waals surface area contributed by atoms with E-state index in [0.29, 0.717) is 11.3 Å². The van der Waals surface area contributed by atoms with Crippen LogP contribution in [0.15, 0.2) is 48.5 Å². The molecule has 0 bridgehead atoms. The Morgan fingerprint density at radius 1 is 1.06 bits per heavy atom. The maximum Gasteiger partial charge on any atom is 0.146 e. The number of nitrogens with zero attached hydrogens (tertiary/aromatic N) is 2. The third-order valence-corrected chi connectivity index (χ3v) is 2.60. The van der Waals surface area contributed by atoms with Gasteiger partial charge in [0.2, 0.25) is 0 Å². The molecule has 0 saturated carbocycles. The average Bonchev–Trinajstić information content (AvgIpc) is 2.39. The Bertz CT molecular complexity index is 555. The molecule has 2 rings (SSSR count). The molecule has 84 valence electrons. The lowest BCUT2D eigenvalue weighted by molar-refractivity contribution is 0.627. The third-order valence-electron chi connectivity index (χ3n) is 2.60. The van der Waals surface area contributed by atoms with Gasteiger partial charge >= 0.3 is 0 Å². The first-order chi connectivity index (χ1) is 8.22. The Morgan fingerprint density at radius 2 is 1.71 bits per heavy atom. The lowest BCUT2D eigenvalue weighted by Gasteiger charge is -2.19. The minimum Gasteiger partial charge on any atom is -0.342 e. The van der Waals surface area contributed by atoms with Gasteiger partial charge in [-0.25, -0.2) is 4.39 Å². The van der Waals surface area contributed by atoms with E-state index in [4.69, 9.17) is 5.26 Å². The zero-order valence-electron chi connectivity index (χ0n) is 9.39. The highest BCUT2D eigenvalue weighted by Gasteiger charge is 2.08. The van der Waals surface area contributed by atoms with Crippen LogP contribution in [0, 0.1) is 17.1 Å². The summed E-state index contributed by atoms with van der Waals surface area (Å²) in [5, 5.41) is 8.70. The molecule has 0 amide bonds. The first-order valence-corrected chi connectivity index (χ1v) is 5.21. The van der Waals surface area contributed by atoms with Crippen LogP contribution in [0.1, 0.15) is 5.56 Å². The second-order valence-corrected chi connectivity index (χ2v) is 3.67. The van der Waals surface area contributed by atoms with E-state index >= 15 is 0 Å². The van der Waals surface area contributed by atoms with Crippen molar-refractivity contribution in [3.05, 3.63) is 59.9 Å². The van der Waals surface area contributed by atoms with Crippen LogP contribution in [0.2, 0.25) is 0 Å². The summed E-state index contributed by atoms with van der Waals surface area (Å²) in [6.07, 6.45) is 0. The SMILES string of the molecule is CN(c1ccc(C#N)cc1)c1ccccc1F. The summed E-state index contributed by atoms with van der Waals surface area (Å²) in [4.78, 5) is 1.75. The number of hydrogen-bond donors (Lipinski definition) is 0. The van der Waals surface area contributed by atoms with Gasteiger partial charge in [0.25, 0.3) is 0 Å². The lowest BCUT2D eigenvalue weighted by Crippen LogP contribution is -2.10. The second-order valence-electron chi connectivity index (χ2n) is 3.67. The predicted molar refractivity (Wildman–Crippen MR) is 65.6 cm³/mol. The molecule has 2 aromatic carbocycles. The summed E-state index contributed by atoms with van der Waals surface area (Å²) in [7, 11) is 1.79. The van der Waals surface area contributed by atoms with Gasteiger partial charge in [0, 0.05) is 12.7 Å². The van der Waals surface area contributed by atoms with Gasteiger partial charge < -0.3 is 4.90 Å². The van der Waals surface area contributed by atoms with Gasteiger partial charge in [0.15, 0.2) is 0 Å². The van der Waals surface area contributed by atoms with Gasteiger partial charge in [0.1, 0.15) is 5.82 Å². The van der Waals surface area contributed by atoms with Crippen LogP contribution in [-0.4, -0.2) is 7.05 Å². The first-order valence-electron chi connectivity index (χ1n) is 5.21. The molecular weight excluding hydrogens is 215 g/mol. The molecule has 2 nitrogen and oxygen atoms in total. The Hall–Kier alpha value is -2.34. The molecule has 0 fully saturated rings. The smallest absolute Gasteiger partial charge is 0.146 e. The fourth-order valence-corrected chi connectivity index (χ4v) is 1.62. The third kappa shape index (κ3) is 2.26. The molecule has 0 unspecified atom stereocenters. The minimum atomic E-state index is -0.264. The van der Waals surface area contributed by atoms with Crippen molar-refractivity contribution >= 4 is 11.4 Å². The second kappa shape index (κ2) is 4.67. The van der Waals surface area contributed by atoms with E-state index in [2.05, 4.69) is 6.07 Å². The molecule has 0 spiro atoms. The van der Waals surface area contributed by atoms with Crippen molar-refractivity contribution in [3.63, 3.8) is 0 Å². The van der Waals surface area contributed by atoms with E-state index in [1.165, 1.54) is 6.07 Å². The van der Waals surface area contributed by atoms with Gasteiger partial charge in [0.05, 0.1) is 17.3 Å². The molecule has 0 aliphatic carbocycles. The Morgan fingerprint density at radius 3 is 2.29 bits per heavy atom. The number of anilines is 2. The molecule has 0 aliphatic rings. The zero-order chi connectivity index (χ0) is 12.3. The largest absolute Gasteiger partial charge is 0.342 e. The quantitative estimate of drug-likeness (QED) is 0.784. The highest BCUT2D eigenvalue weighted by atomic mass is 19.1.